The fraction of sp³-hybridized carbons (Fsp3) is 0.545. The Labute approximate surface area is 139 Å². The summed E-state index contributed by atoms with van der Waals surface area (Å²) in [4.78, 5) is 0. The molecule has 124 valence electrons. The minimum Gasteiger partial charge on any atom is -0.0885 e. The standard InChI is InChI=1S/C22H36/c1-3-5-7-9-11-13-15-17-19-21-22-20-18-16-14-12-10-8-6-4-2/h3,5-9,12,14,18,20H,4,10-11,13,15-17,19,21-22H2,1-2H3. The van der Waals surface area contributed by atoms with Gasteiger partial charge in [-0.3, -0.25) is 0 Å². The van der Waals surface area contributed by atoms with Crippen LogP contribution in [-0.4, -0.2) is 0 Å². The number of hydrogen-bond donors (Lipinski definition) is 0. The molecule has 22 heavy (non-hydrogen) atoms. The van der Waals surface area contributed by atoms with Gasteiger partial charge in [0.05, 0.1) is 0 Å². The van der Waals surface area contributed by atoms with Crippen molar-refractivity contribution in [3.05, 3.63) is 60.8 Å². The number of rotatable bonds is 14. The largest absolute Gasteiger partial charge is 0.0885 e. The first-order valence-corrected chi connectivity index (χ1v) is 9.14. The van der Waals surface area contributed by atoms with E-state index in [1.54, 1.807) is 0 Å². The Hall–Kier alpha value is -1.30. The number of hydrogen-bond acceptors (Lipinski definition) is 0. The number of allylic oxidation sites excluding steroid dienone is 10. The van der Waals surface area contributed by atoms with Gasteiger partial charge in [0.15, 0.2) is 0 Å². The third kappa shape index (κ3) is 18.7. The molecule has 0 N–H and O–H groups in total. The molecule has 0 saturated heterocycles. The maximum absolute atomic E-state index is 2.34. The smallest absolute Gasteiger partial charge is 0.0169 e. The van der Waals surface area contributed by atoms with Crippen molar-refractivity contribution < 1.29 is 0 Å². The number of unbranched alkanes of at least 4 members (excludes halogenated alkanes) is 6. The molecule has 0 aromatic carbocycles. The van der Waals surface area contributed by atoms with E-state index in [2.05, 4.69) is 74.6 Å². The molecule has 0 bridgehead atoms. The van der Waals surface area contributed by atoms with Gasteiger partial charge in [-0.2, -0.15) is 0 Å². The van der Waals surface area contributed by atoms with Crippen molar-refractivity contribution in [2.45, 2.75) is 78.1 Å². The van der Waals surface area contributed by atoms with Crippen LogP contribution in [0.4, 0.5) is 0 Å². The maximum atomic E-state index is 2.34. The predicted molar refractivity (Wildman–Crippen MR) is 103 cm³/mol. The van der Waals surface area contributed by atoms with Gasteiger partial charge >= 0.3 is 0 Å². The van der Waals surface area contributed by atoms with E-state index >= 15 is 0 Å². The molecule has 0 heteroatoms. The Kier molecular flexibility index (Phi) is 18.5. The van der Waals surface area contributed by atoms with Crippen LogP contribution in [0.1, 0.15) is 78.1 Å². The Morgan fingerprint density at radius 2 is 1.09 bits per heavy atom. The van der Waals surface area contributed by atoms with Crippen molar-refractivity contribution in [1.29, 1.82) is 0 Å². The molecular formula is C22H36. The highest BCUT2D eigenvalue weighted by atomic mass is 13.9. The normalized spacial score (nSPS) is 13.0. The Bertz CT molecular complexity index is 339. The van der Waals surface area contributed by atoms with Crippen LogP contribution in [0.25, 0.3) is 0 Å². The molecule has 0 radical (unpaired) electrons. The van der Waals surface area contributed by atoms with Crippen LogP contribution in [0.3, 0.4) is 0 Å². The molecule has 0 saturated carbocycles. The van der Waals surface area contributed by atoms with E-state index in [0.29, 0.717) is 0 Å². The van der Waals surface area contributed by atoms with Crippen molar-refractivity contribution in [2.24, 2.45) is 0 Å². The summed E-state index contributed by atoms with van der Waals surface area (Å²) in [6.07, 6.45) is 34.8. The highest BCUT2D eigenvalue weighted by Crippen LogP contribution is 2.08. The van der Waals surface area contributed by atoms with Crippen LogP contribution in [0, 0.1) is 0 Å². The molecule has 0 aliphatic heterocycles. The lowest BCUT2D eigenvalue weighted by molar-refractivity contribution is 0.622. The summed E-state index contributed by atoms with van der Waals surface area (Å²) in [6, 6.07) is 0. The summed E-state index contributed by atoms with van der Waals surface area (Å²) in [7, 11) is 0. The maximum Gasteiger partial charge on any atom is -0.0169 e. The summed E-state index contributed by atoms with van der Waals surface area (Å²) in [6.45, 7) is 4.23. The molecule has 0 aliphatic carbocycles. The SMILES string of the molecule is CC=CC=CCCCCCCCC=CCC=CCC=CCC. The summed E-state index contributed by atoms with van der Waals surface area (Å²) >= 11 is 0. The van der Waals surface area contributed by atoms with Crippen molar-refractivity contribution in [3.8, 4) is 0 Å². The first-order valence-electron chi connectivity index (χ1n) is 9.14. The fourth-order valence-corrected chi connectivity index (χ4v) is 2.17. The van der Waals surface area contributed by atoms with Crippen LogP contribution < -0.4 is 0 Å². The van der Waals surface area contributed by atoms with Crippen molar-refractivity contribution in [2.75, 3.05) is 0 Å². The second-order valence-electron chi connectivity index (χ2n) is 5.59. The van der Waals surface area contributed by atoms with Crippen molar-refractivity contribution in [1.82, 2.24) is 0 Å². The van der Waals surface area contributed by atoms with Crippen LogP contribution in [-0.2, 0) is 0 Å². The van der Waals surface area contributed by atoms with E-state index in [9.17, 15) is 0 Å². The van der Waals surface area contributed by atoms with Crippen molar-refractivity contribution >= 4 is 0 Å². The van der Waals surface area contributed by atoms with E-state index in [-0.39, 0.29) is 0 Å². The summed E-state index contributed by atoms with van der Waals surface area (Å²) in [5, 5.41) is 0. The van der Waals surface area contributed by atoms with Crippen LogP contribution in [0.15, 0.2) is 60.8 Å². The molecule has 0 nitrogen and oxygen atoms in total. The quantitative estimate of drug-likeness (QED) is 0.175. The van der Waals surface area contributed by atoms with Gasteiger partial charge in [0.25, 0.3) is 0 Å². The van der Waals surface area contributed by atoms with E-state index in [0.717, 1.165) is 19.3 Å². The summed E-state index contributed by atoms with van der Waals surface area (Å²) < 4.78 is 0. The van der Waals surface area contributed by atoms with Crippen LogP contribution in [0.5, 0.6) is 0 Å². The minimum absolute atomic E-state index is 1.08. The Balaban J connectivity index is 3.25. The first kappa shape index (κ1) is 20.7. The molecule has 0 aromatic rings. The fourth-order valence-electron chi connectivity index (χ4n) is 2.17. The molecule has 0 spiro atoms. The van der Waals surface area contributed by atoms with Gasteiger partial charge < -0.3 is 0 Å². The molecular weight excluding hydrogens is 264 g/mol. The zero-order valence-corrected chi connectivity index (χ0v) is 14.8. The van der Waals surface area contributed by atoms with Gasteiger partial charge in [0.2, 0.25) is 0 Å². The third-order valence-corrected chi connectivity index (χ3v) is 3.46. The van der Waals surface area contributed by atoms with Gasteiger partial charge in [-0.1, -0.05) is 86.9 Å². The van der Waals surface area contributed by atoms with Gasteiger partial charge in [-0.05, 0) is 51.9 Å². The van der Waals surface area contributed by atoms with E-state index in [1.165, 1.54) is 44.9 Å². The molecule has 0 unspecified atom stereocenters. The molecule has 0 rings (SSSR count). The first-order chi connectivity index (χ1) is 10.9. The second-order valence-corrected chi connectivity index (χ2v) is 5.59. The Morgan fingerprint density at radius 1 is 0.545 bits per heavy atom. The topological polar surface area (TPSA) is 0 Å². The van der Waals surface area contributed by atoms with Gasteiger partial charge in [0.1, 0.15) is 0 Å². The lowest BCUT2D eigenvalue weighted by Gasteiger charge is -1.98. The molecule has 0 fully saturated rings. The van der Waals surface area contributed by atoms with Gasteiger partial charge in [-0.25, -0.2) is 0 Å². The highest BCUT2D eigenvalue weighted by Gasteiger charge is 1.88. The van der Waals surface area contributed by atoms with E-state index in [1.807, 2.05) is 0 Å². The Morgan fingerprint density at radius 3 is 1.73 bits per heavy atom. The summed E-state index contributed by atoms with van der Waals surface area (Å²) in [5.74, 6) is 0. The van der Waals surface area contributed by atoms with E-state index < -0.39 is 0 Å². The zero-order valence-electron chi connectivity index (χ0n) is 14.8. The molecule has 0 aromatic heterocycles. The highest BCUT2D eigenvalue weighted by molar-refractivity contribution is 5.00. The minimum atomic E-state index is 1.08. The lowest BCUT2D eigenvalue weighted by Crippen LogP contribution is -1.78. The van der Waals surface area contributed by atoms with Crippen molar-refractivity contribution in [3.63, 3.8) is 0 Å². The predicted octanol–water partition coefficient (Wildman–Crippen LogP) is 7.71. The average Bonchev–Trinajstić information content (AvgIpc) is 2.54. The van der Waals surface area contributed by atoms with E-state index in [4.69, 9.17) is 0 Å². The molecule has 0 atom stereocenters. The molecule has 0 heterocycles. The molecule has 0 amide bonds. The van der Waals surface area contributed by atoms with Gasteiger partial charge in [0, 0.05) is 0 Å². The monoisotopic (exact) mass is 300 g/mol. The third-order valence-electron chi connectivity index (χ3n) is 3.46. The summed E-state index contributed by atoms with van der Waals surface area (Å²) in [5.41, 5.74) is 0. The lowest BCUT2D eigenvalue weighted by atomic mass is 10.1. The molecule has 0 aliphatic rings. The zero-order chi connectivity index (χ0) is 16.1. The van der Waals surface area contributed by atoms with Crippen LogP contribution >= 0.6 is 0 Å². The second kappa shape index (κ2) is 19.7. The van der Waals surface area contributed by atoms with Crippen LogP contribution in [0.2, 0.25) is 0 Å². The average molecular weight is 301 g/mol. The van der Waals surface area contributed by atoms with Gasteiger partial charge in [-0.15, -0.1) is 0 Å².